The number of alkyl halides is 2. The van der Waals surface area contributed by atoms with E-state index in [1.807, 2.05) is 23.1 Å². The number of likely N-dealkylation sites (tertiary alicyclic amines) is 1. The Labute approximate surface area is 382 Å². The van der Waals surface area contributed by atoms with Crippen LogP contribution in [-0.4, -0.2) is 174 Å². The van der Waals surface area contributed by atoms with Crippen LogP contribution in [0.15, 0.2) is 46.4 Å². The lowest BCUT2D eigenvalue weighted by Crippen LogP contribution is -2.53. The lowest BCUT2D eigenvalue weighted by atomic mass is 10.0. The first kappa shape index (κ1) is 45.6. The van der Waals surface area contributed by atoms with Gasteiger partial charge < -0.3 is 34.8 Å². The minimum absolute atomic E-state index is 0.0163. The zero-order chi connectivity index (χ0) is 46.3. The summed E-state index contributed by atoms with van der Waals surface area (Å²) in [4.78, 5) is 83.2. The monoisotopic (exact) mass is 915 g/mol. The predicted molar refractivity (Wildman–Crippen MR) is 240 cm³/mol. The molecule has 6 aliphatic heterocycles. The van der Waals surface area contributed by atoms with Gasteiger partial charge >= 0.3 is 5.92 Å². The standard InChI is InChI=1S/C46H59F2N11O7/c1-54-36-25-49-45(53-40(36)59(31-5-3-4-6-31)27-46(47,48)44(54)65)51-34-10-7-28(24-37(34)66-2)41(62)50-30-13-17-57(18-14-30)39(61)15-16-55-19-21-56(22-20-55)32-8-9-33-29(23-32)26-58(43(33)64)35-11-12-38(60)52-42(35)63/h7-10,23-25,30-31,35-36,40-41,50,62H,3-6,11-22,26-27H2,1-2H3,(H,51,53)(H,52,60,63). The highest BCUT2D eigenvalue weighted by Crippen LogP contribution is 2.36. The number of nitrogens with one attached hydrogen (secondary N) is 3. The van der Waals surface area contributed by atoms with Gasteiger partial charge in [0, 0.05) is 102 Å². The average Bonchev–Trinajstić information content (AvgIpc) is 3.96. The molecule has 5 fully saturated rings. The number of hydrogen-bond acceptors (Lipinski definition) is 14. The molecule has 2 aromatic rings. The van der Waals surface area contributed by atoms with Crippen LogP contribution < -0.4 is 25.6 Å². The van der Waals surface area contributed by atoms with E-state index >= 15 is 8.78 Å². The van der Waals surface area contributed by atoms with Crippen molar-refractivity contribution in [3.8, 4) is 5.75 Å². The number of fused-ring (bicyclic) bond motifs is 2. The van der Waals surface area contributed by atoms with Crippen LogP contribution in [0.3, 0.4) is 0 Å². The van der Waals surface area contributed by atoms with Crippen LogP contribution in [0, 0.1) is 0 Å². The van der Waals surface area contributed by atoms with Gasteiger partial charge in [-0.15, -0.1) is 0 Å². The summed E-state index contributed by atoms with van der Waals surface area (Å²) in [5.74, 6) is -4.96. The number of methoxy groups -OCH3 is 1. The molecule has 354 valence electrons. The summed E-state index contributed by atoms with van der Waals surface area (Å²) >= 11 is 0. The average molecular weight is 916 g/mol. The molecule has 1 saturated carbocycles. The van der Waals surface area contributed by atoms with E-state index in [1.165, 1.54) is 20.4 Å². The summed E-state index contributed by atoms with van der Waals surface area (Å²) in [7, 11) is 2.88. The van der Waals surface area contributed by atoms with Gasteiger partial charge in [0.15, 0.2) is 0 Å². The first-order valence-corrected chi connectivity index (χ1v) is 23.2. The second-order valence-corrected chi connectivity index (χ2v) is 18.5. The molecule has 4 atom stereocenters. The van der Waals surface area contributed by atoms with Crippen molar-refractivity contribution in [2.24, 2.45) is 9.98 Å². The van der Waals surface area contributed by atoms with Gasteiger partial charge in [0.05, 0.1) is 19.3 Å². The molecule has 5 amide bonds. The van der Waals surface area contributed by atoms with E-state index in [4.69, 9.17) is 9.73 Å². The number of amides is 5. The molecule has 1 aliphatic carbocycles. The van der Waals surface area contributed by atoms with Crippen LogP contribution >= 0.6 is 0 Å². The summed E-state index contributed by atoms with van der Waals surface area (Å²) in [5.41, 5.74) is 3.59. The number of halogens is 2. The summed E-state index contributed by atoms with van der Waals surface area (Å²) in [6, 6.07) is 9.51. The highest BCUT2D eigenvalue weighted by Gasteiger charge is 2.53. The SMILES string of the molecule is COc1cc(C(O)NC2CCN(C(=O)CCN3CCN(c4ccc5c(c4)CN(C4CCC(=O)NC4=O)C5=O)CC3)CC2)ccc1NC1=NC2C(C=N1)N(C)C(=O)C(F)(F)CN2C1CCCC1. The van der Waals surface area contributed by atoms with E-state index in [0.29, 0.717) is 74.4 Å². The van der Waals surface area contributed by atoms with Crippen molar-refractivity contribution in [1.29, 1.82) is 0 Å². The zero-order valence-corrected chi connectivity index (χ0v) is 37.5. The number of piperidine rings is 2. The molecule has 0 aromatic heterocycles. The third kappa shape index (κ3) is 9.37. The number of nitrogens with zero attached hydrogens (tertiary/aromatic N) is 8. The van der Waals surface area contributed by atoms with Crippen LogP contribution in [0.5, 0.6) is 5.75 Å². The van der Waals surface area contributed by atoms with Gasteiger partial charge in [0.25, 0.3) is 11.8 Å². The predicted octanol–water partition coefficient (Wildman–Crippen LogP) is 2.14. The van der Waals surface area contributed by atoms with Gasteiger partial charge in [-0.25, -0.2) is 9.98 Å². The molecule has 0 spiro atoms. The van der Waals surface area contributed by atoms with E-state index in [9.17, 15) is 29.1 Å². The minimum Gasteiger partial charge on any atom is -0.495 e. The number of aliphatic hydroxyl groups is 1. The number of carbonyl (C=O) groups excluding carboxylic acids is 5. The Morgan fingerprint density at radius 1 is 0.985 bits per heavy atom. The molecular formula is C46H59F2N11O7. The molecule has 9 rings (SSSR count). The second-order valence-electron chi connectivity index (χ2n) is 18.5. The van der Waals surface area contributed by atoms with Gasteiger partial charge in [0.1, 0.15) is 30.2 Å². The molecule has 20 heteroatoms. The summed E-state index contributed by atoms with van der Waals surface area (Å²) < 4.78 is 35.9. The molecule has 4 unspecified atom stereocenters. The van der Waals surface area contributed by atoms with Crippen molar-refractivity contribution in [2.75, 3.05) is 76.7 Å². The van der Waals surface area contributed by atoms with E-state index in [0.717, 1.165) is 68.0 Å². The van der Waals surface area contributed by atoms with Gasteiger partial charge in [-0.05, 0) is 73.6 Å². The number of hydrogen-bond donors (Lipinski definition) is 4. The number of aliphatic imine (C=N–C) groups is 2. The Morgan fingerprint density at radius 3 is 2.47 bits per heavy atom. The van der Waals surface area contributed by atoms with Crippen LogP contribution in [-0.2, 0) is 25.7 Å². The van der Waals surface area contributed by atoms with E-state index in [1.54, 1.807) is 28.0 Å². The lowest BCUT2D eigenvalue weighted by Gasteiger charge is -2.38. The molecule has 4 N–H and O–H groups in total. The minimum atomic E-state index is -3.54. The normalized spacial score (nSPS) is 26.0. The maximum absolute atomic E-state index is 15.1. The van der Waals surface area contributed by atoms with Crippen molar-refractivity contribution in [2.45, 2.75) is 107 Å². The number of rotatable bonds is 11. The number of carbonyl (C=O) groups is 5. The summed E-state index contributed by atoms with van der Waals surface area (Å²) in [6.45, 7) is 4.60. The third-order valence-corrected chi connectivity index (χ3v) is 14.4. The Balaban J connectivity index is 0.721. The van der Waals surface area contributed by atoms with Crippen LogP contribution in [0.25, 0.3) is 0 Å². The highest BCUT2D eigenvalue weighted by molar-refractivity contribution is 6.06. The molecule has 2 aromatic carbocycles. The number of imide groups is 1. The highest BCUT2D eigenvalue weighted by atomic mass is 19.3. The second kappa shape index (κ2) is 19.0. The van der Waals surface area contributed by atoms with Crippen molar-refractivity contribution >= 4 is 53.1 Å². The summed E-state index contributed by atoms with van der Waals surface area (Å²) in [5, 5.41) is 20.1. The third-order valence-electron chi connectivity index (χ3n) is 14.4. The maximum atomic E-state index is 15.1. The molecule has 6 heterocycles. The number of piperazine rings is 1. The van der Waals surface area contributed by atoms with E-state index in [-0.39, 0.29) is 42.2 Å². The largest absolute Gasteiger partial charge is 0.495 e. The number of benzene rings is 2. The number of likely N-dealkylation sites (N-methyl/N-ethyl adjacent to an activating group) is 1. The van der Waals surface area contributed by atoms with E-state index < -0.39 is 48.8 Å². The van der Waals surface area contributed by atoms with Gasteiger partial charge in [-0.2, -0.15) is 8.78 Å². The lowest BCUT2D eigenvalue weighted by molar-refractivity contribution is -0.156. The molecule has 4 saturated heterocycles. The first-order chi connectivity index (χ1) is 31.8. The molecule has 66 heavy (non-hydrogen) atoms. The van der Waals surface area contributed by atoms with Crippen molar-refractivity contribution in [1.82, 2.24) is 35.1 Å². The molecule has 7 aliphatic rings. The Morgan fingerprint density at radius 2 is 1.74 bits per heavy atom. The van der Waals surface area contributed by atoms with Crippen molar-refractivity contribution in [3.63, 3.8) is 0 Å². The van der Waals surface area contributed by atoms with Crippen molar-refractivity contribution < 1.29 is 42.6 Å². The van der Waals surface area contributed by atoms with Gasteiger partial charge in [-0.1, -0.05) is 18.9 Å². The Bertz CT molecular complexity index is 2280. The van der Waals surface area contributed by atoms with Gasteiger partial charge in [0.2, 0.25) is 23.7 Å². The quantitative estimate of drug-likeness (QED) is 0.190. The maximum Gasteiger partial charge on any atom is 0.337 e. The molecule has 0 bridgehead atoms. The fourth-order valence-electron chi connectivity index (χ4n) is 10.6. The topological polar surface area (TPSA) is 195 Å². The number of aliphatic hydroxyl groups excluding tert-OH is 1. The fraction of sp³-hybridized carbons (Fsp3) is 0.587. The van der Waals surface area contributed by atoms with E-state index in [2.05, 4.69) is 30.7 Å². The number of anilines is 2. The van der Waals surface area contributed by atoms with Gasteiger partial charge in [-0.3, -0.25) is 44.4 Å². The number of ether oxygens (including phenoxy) is 1. The van der Waals surface area contributed by atoms with Crippen molar-refractivity contribution in [3.05, 3.63) is 53.1 Å². The Kier molecular flexibility index (Phi) is 13.1. The van der Waals surface area contributed by atoms with Crippen LogP contribution in [0.1, 0.15) is 85.5 Å². The Hall–Kier alpha value is -5.57. The molecule has 0 radical (unpaired) electrons. The smallest absolute Gasteiger partial charge is 0.337 e. The number of guanidine groups is 1. The molecular weight excluding hydrogens is 857 g/mol. The fourth-order valence-corrected chi connectivity index (χ4v) is 10.6. The van der Waals surface area contributed by atoms with Crippen LogP contribution in [0.4, 0.5) is 20.2 Å². The van der Waals surface area contributed by atoms with Crippen LogP contribution in [0.2, 0.25) is 0 Å². The summed E-state index contributed by atoms with van der Waals surface area (Å²) in [6.07, 6.45) is 5.49. The first-order valence-electron chi connectivity index (χ1n) is 23.2. The zero-order valence-electron chi connectivity index (χ0n) is 37.5. The molecule has 18 nitrogen and oxygen atoms in total.